The molecule has 0 unspecified atom stereocenters. The fourth-order valence-electron chi connectivity index (χ4n) is 13.2. The zero-order chi connectivity index (χ0) is 34.8. The van der Waals surface area contributed by atoms with Crippen molar-refractivity contribution in [2.75, 3.05) is 0 Å². The van der Waals surface area contributed by atoms with E-state index in [0.29, 0.717) is 39.4 Å². The van der Waals surface area contributed by atoms with Gasteiger partial charge < -0.3 is 4.74 Å². The number of carbonyl (C=O) groups is 1. The average molecular weight is 665 g/mol. The van der Waals surface area contributed by atoms with Gasteiger partial charge in [0, 0.05) is 11.8 Å². The molecule has 0 aromatic heterocycles. The molecule has 0 aliphatic heterocycles. The van der Waals surface area contributed by atoms with Gasteiger partial charge in [-0.2, -0.15) is 0 Å². The Bertz CT molecular complexity index is 1120. The molecular formula is C46H80O2. The van der Waals surface area contributed by atoms with Crippen LogP contribution in [0.4, 0.5) is 0 Å². The van der Waals surface area contributed by atoms with Crippen LogP contribution in [0.2, 0.25) is 0 Å². The van der Waals surface area contributed by atoms with Crippen LogP contribution in [0.3, 0.4) is 0 Å². The summed E-state index contributed by atoms with van der Waals surface area (Å²) in [6, 6.07) is 0. The molecular weight excluding hydrogens is 585 g/mol. The van der Waals surface area contributed by atoms with Crippen molar-refractivity contribution in [3.05, 3.63) is 11.6 Å². The van der Waals surface area contributed by atoms with Gasteiger partial charge in [0.25, 0.3) is 0 Å². The highest BCUT2D eigenvalue weighted by atomic mass is 16.5. The number of rotatable bonds is 15. The largest absolute Gasteiger partial charge is 0.462 e. The molecule has 48 heavy (non-hydrogen) atoms. The summed E-state index contributed by atoms with van der Waals surface area (Å²) in [5.74, 6) is 2.18. The van der Waals surface area contributed by atoms with E-state index in [1.807, 2.05) is 5.57 Å². The minimum Gasteiger partial charge on any atom is -0.462 e. The summed E-state index contributed by atoms with van der Waals surface area (Å²) in [6.45, 7) is 23.0. The molecule has 0 saturated heterocycles. The van der Waals surface area contributed by atoms with E-state index >= 15 is 0 Å². The third-order valence-corrected chi connectivity index (χ3v) is 16.8. The number of esters is 1. The molecule has 0 N–H and O–H groups in total. The SMILES string of the molecule is CCCCCCCCCCCCCCCC(=O)O[C@H]1CC[C@]2(C)[C@H]3CC=C4[C@H]5CC(C)(C)CC[C@]5(C)CC[C@@]4(C)[C@]3(C)CC[C@H]2C1(C)C. The Labute approximate surface area is 299 Å². The van der Waals surface area contributed by atoms with Crippen molar-refractivity contribution < 1.29 is 9.53 Å². The summed E-state index contributed by atoms with van der Waals surface area (Å²) in [5, 5.41) is 0. The van der Waals surface area contributed by atoms with Gasteiger partial charge in [0.2, 0.25) is 0 Å². The molecule has 0 amide bonds. The number of hydrogen-bond acceptors (Lipinski definition) is 2. The summed E-state index contributed by atoms with van der Waals surface area (Å²) >= 11 is 0. The van der Waals surface area contributed by atoms with Crippen LogP contribution in [0.25, 0.3) is 0 Å². The van der Waals surface area contributed by atoms with Gasteiger partial charge in [0.05, 0.1) is 0 Å². The molecule has 0 heterocycles. The standard InChI is InChI=1S/C46H80O2/c1-10-11-12-13-14-15-16-17-18-19-20-21-22-23-40(47)48-39-27-28-44(7)37(42(39,4)5)26-29-46(9)38(44)25-24-35-36-34-41(2,3)30-31-43(36,6)32-33-45(35,46)8/h24,36-39H,10-23,25-34H2,1-9H3/t36-,37+,38-,39+,43-,44+,45-,46-/m1/s1. The summed E-state index contributed by atoms with van der Waals surface area (Å²) in [7, 11) is 0. The quantitative estimate of drug-likeness (QED) is 0.0989. The smallest absolute Gasteiger partial charge is 0.306 e. The van der Waals surface area contributed by atoms with E-state index in [0.717, 1.165) is 24.7 Å². The van der Waals surface area contributed by atoms with Crippen molar-refractivity contribution in [1.82, 2.24) is 0 Å². The van der Waals surface area contributed by atoms with Gasteiger partial charge in [0.15, 0.2) is 0 Å². The molecule has 0 bridgehead atoms. The fourth-order valence-corrected chi connectivity index (χ4v) is 13.2. The third-order valence-electron chi connectivity index (χ3n) is 16.8. The molecule has 2 nitrogen and oxygen atoms in total. The van der Waals surface area contributed by atoms with E-state index in [-0.39, 0.29) is 17.5 Å². The maximum Gasteiger partial charge on any atom is 0.306 e. The number of fused-ring (bicyclic) bond motifs is 7. The predicted octanol–water partition coefficient (Wildman–Crippen LogP) is 14.2. The Balaban J connectivity index is 1.12. The highest BCUT2D eigenvalue weighted by molar-refractivity contribution is 5.69. The van der Waals surface area contributed by atoms with Crippen LogP contribution in [0.5, 0.6) is 0 Å². The summed E-state index contributed by atoms with van der Waals surface area (Å²) in [4.78, 5) is 13.2. The van der Waals surface area contributed by atoms with Crippen molar-refractivity contribution in [2.45, 2.75) is 223 Å². The first-order valence-electron chi connectivity index (χ1n) is 21.5. The molecule has 0 aromatic carbocycles. The van der Waals surface area contributed by atoms with Gasteiger partial charge in [0.1, 0.15) is 6.10 Å². The number of ether oxygens (including phenoxy) is 1. The van der Waals surface area contributed by atoms with Crippen molar-refractivity contribution in [3.63, 3.8) is 0 Å². The first kappa shape index (κ1) is 38.4. The van der Waals surface area contributed by atoms with Crippen LogP contribution in [0, 0.1) is 50.2 Å². The molecule has 2 heteroatoms. The number of allylic oxidation sites excluding steroid dienone is 2. The summed E-state index contributed by atoms with van der Waals surface area (Å²) in [6.07, 6.45) is 34.0. The number of hydrogen-bond donors (Lipinski definition) is 0. The maximum atomic E-state index is 13.2. The Kier molecular flexibility index (Phi) is 12.1. The van der Waals surface area contributed by atoms with Crippen LogP contribution in [-0.2, 0) is 9.53 Å². The maximum absolute atomic E-state index is 13.2. The second kappa shape index (κ2) is 15.1. The molecule has 0 aromatic rings. The van der Waals surface area contributed by atoms with Crippen LogP contribution >= 0.6 is 0 Å². The van der Waals surface area contributed by atoms with E-state index in [9.17, 15) is 4.79 Å². The van der Waals surface area contributed by atoms with Crippen LogP contribution < -0.4 is 0 Å². The van der Waals surface area contributed by atoms with E-state index in [4.69, 9.17) is 4.74 Å². The van der Waals surface area contributed by atoms with Gasteiger partial charge in [-0.1, -0.05) is 151 Å². The molecule has 0 radical (unpaired) electrons. The Hall–Kier alpha value is -0.790. The molecule has 5 aliphatic rings. The van der Waals surface area contributed by atoms with Crippen molar-refractivity contribution in [2.24, 2.45) is 50.2 Å². The van der Waals surface area contributed by atoms with E-state index in [1.165, 1.54) is 135 Å². The van der Waals surface area contributed by atoms with Crippen LogP contribution in [-0.4, -0.2) is 12.1 Å². The van der Waals surface area contributed by atoms with Crippen LogP contribution in [0.1, 0.15) is 216 Å². The van der Waals surface area contributed by atoms with Crippen molar-refractivity contribution in [3.8, 4) is 0 Å². The monoisotopic (exact) mass is 665 g/mol. The predicted molar refractivity (Wildman–Crippen MR) is 205 cm³/mol. The van der Waals surface area contributed by atoms with Gasteiger partial charge in [-0.05, 0) is 115 Å². The third kappa shape index (κ3) is 7.41. The second-order valence-electron chi connectivity index (χ2n) is 20.7. The van der Waals surface area contributed by atoms with Gasteiger partial charge in [-0.15, -0.1) is 0 Å². The summed E-state index contributed by atoms with van der Waals surface area (Å²) in [5.41, 5.74) is 3.87. The highest BCUT2D eigenvalue weighted by Gasteiger charge is 2.68. The number of unbranched alkanes of at least 4 members (excludes halogenated alkanes) is 12. The molecule has 5 aliphatic carbocycles. The zero-order valence-corrected chi connectivity index (χ0v) is 33.7. The van der Waals surface area contributed by atoms with Crippen molar-refractivity contribution in [1.29, 1.82) is 0 Å². The topological polar surface area (TPSA) is 26.3 Å². The fraction of sp³-hybridized carbons (Fsp3) is 0.935. The minimum atomic E-state index is 0.0312. The van der Waals surface area contributed by atoms with Gasteiger partial charge in [-0.3, -0.25) is 4.79 Å². The lowest BCUT2D eigenvalue weighted by Crippen LogP contribution is -2.64. The molecule has 276 valence electrons. The first-order chi connectivity index (χ1) is 22.6. The van der Waals surface area contributed by atoms with E-state index in [2.05, 4.69) is 68.4 Å². The lowest BCUT2D eigenvalue weighted by Gasteiger charge is -2.71. The lowest BCUT2D eigenvalue weighted by atomic mass is 9.33. The Morgan fingerprint density at radius 3 is 1.90 bits per heavy atom. The molecule has 5 rings (SSSR count). The Morgan fingerprint density at radius 2 is 1.27 bits per heavy atom. The summed E-state index contributed by atoms with van der Waals surface area (Å²) < 4.78 is 6.41. The molecule has 4 fully saturated rings. The Morgan fingerprint density at radius 1 is 0.688 bits per heavy atom. The lowest BCUT2D eigenvalue weighted by molar-refractivity contribution is -0.212. The highest BCUT2D eigenvalue weighted by Crippen LogP contribution is 2.75. The number of carbonyl (C=O) groups excluding carboxylic acids is 1. The van der Waals surface area contributed by atoms with E-state index < -0.39 is 0 Å². The normalized spacial score (nSPS) is 39.7. The first-order valence-corrected chi connectivity index (χ1v) is 21.5. The van der Waals surface area contributed by atoms with Gasteiger partial charge in [-0.25, -0.2) is 0 Å². The molecule has 4 saturated carbocycles. The molecule has 8 atom stereocenters. The second-order valence-corrected chi connectivity index (χ2v) is 20.7. The molecule has 0 spiro atoms. The minimum absolute atomic E-state index is 0.0312. The van der Waals surface area contributed by atoms with E-state index in [1.54, 1.807) is 0 Å². The van der Waals surface area contributed by atoms with Crippen LogP contribution in [0.15, 0.2) is 11.6 Å². The van der Waals surface area contributed by atoms with Crippen molar-refractivity contribution >= 4 is 5.97 Å². The zero-order valence-electron chi connectivity index (χ0n) is 33.7. The average Bonchev–Trinajstić information content (AvgIpc) is 3.02. The van der Waals surface area contributed by atoms with Gasteiger partial charge >= 0.3 is 5.97 Å².